The number of furan rings is 1. The molecule has 0 aliphatic heterocycles. The first-order chi connectivity index (χ1) is 13.2. The molecule has 7 heteroatoms. The van der Waals surface area contributed by atoms with Crippen molar-refractivity contribution in [2.45, 2.75) is 34.6 Å². The largest absolute Gasteiger partial charge is 0.493 e. The summed E-state index contributed by atoms with van der Waals surface area (Å²) in [6.07, 6.45) is 0. The number of hydrogen-bond acceptors (Lipinski definition) is 6. The van der Waals surface area contributed by atoms with E-state index in [1.807, 2.05) is 13.8 Å². The Bertz CT molecular complexity index is 881. The molecule has 0 atom stereocenters. The number of Topliss-reactive ketones (excluding diaryl/α,β-unsaturated/α-hetero) is 1. The molecule has 0 aliphatic rings. The van der Waals surface area contributed by atoms with E-state index in [0.29, 0.717) is 23.8 Å². The molecule has 0 fully saturated rings. The van der Waals surface area contributed by atoms with Gasteiger partial charge in [-0.05, 0) is 44.9 Å². The summed E-state index contributed by atoms with van der Waals surface area (Å²) in [5, 5.41) is 2.56. The molecule has 7 nitrogen and oxygen atoms in total. The van der Waals surface area contributed by atoms with E-state index < -0.39 is 11.9 Å². The average Bonchev–Trinajstić information content (AvgIpc) is 2.96. The number of benzene rings is 1. The van der Waals surface area contributed by atoms with Gasteiger partial charge in [0.1, 0.15) is 17.1 Å². The highest BCUT2D eigenvalue weighted by atomic mass is 16.5. The number of anilines is 1. The van der Waals surface area contributed by atoms with Crippen LogP contribution < -0.4 is 10.1 Å². The number of esters is 1. The Hall–Kier alpha value is -3.09. The standard InChI is InChI=1S/C21H25NO6/c1-6-26-21(25)18-17(13(4)23)14(5)28-20(18)22-19(24)15-8-7-9-16(10-15)27-11-12(2)3/h7-10,12H,6,11H2,1-5H3,(H,22,24). The lowest BCUT2D eigenvalue weighted by Crippen LogP contribution is -2.16. The SMILES string of the molecule is CCOC(=O)c1c(NC(=O)c2cccc(OCC(C)C)c2)oc(C)c1C(C)=O. The fourth-order valence-electron chi connectivity index (χ4n) is 2.62. The summed E-state index contributed by atoms with van der Waals surface area (Å²) in [6.45, 7) is 9.23. The lowest BCUT2D eigenvalue weighted by atomic mass is 10.1. The molecule has 1 N–H and O–H groups in total. The van der Waals surface area contributed by atoms with Crippen molar-refractivity contribution in [3.8, 4) is 5.75 Å². The third-order valence-electron chi connectivity index (χ3n) is 3.82. The number of hydrogen-bond donors (Lipinski definition) is 1. The summed E-state index contributed by atoms with van der Waals surface area (Å²) in [7, 11) is 0. The van der Waals surface area contributed by atoms with Crippen LogP contribution in [0.4, 0.5) is 5.88 Å². The van der Waals surface area contributed by atoms with Gasteiger partial charge in [0, 0.05) is 5.56 Å². The maximum Gasteiger partial charge on any atom is 0.344 e. The molecule has 0 radical (unpaired) electrons. The quantitative estimate of drug-likeness (QED) is 0.537. The Morgan fingerprint density at radius 1 is 1.18 bits per heavy atom. The molecule has 1 aromatic carbocycles. The van der Waals surface area contributed by atoms with Crippen molar-refractivity contribution >= 4 is 23.5 Å². The first-order valence-electron chi connectivity index (χ1n) is 9.10. The molecule has 0 spiro atoms. The van der Waals surface area contributed by atoms with Gasteiger partial charge in [0.25, 0.3) is 5.91 Å². The van der Waals surface area contributed by atoms with Crippen molar-refractivity contribution in [1.29, 1.82) is 0 Å². The minimum Gasteiger partial charge on any atom is -0.493 e. The second kappa shape index (κ2) is 9.21. The molecule has 0 saturated carbocycles. The van der Waals surface area contributed by atoms with Gasteiger partial charge in [-0.2, -0.15) is 0 Å². The summed E-state index contributed by atoms with van der Waals surface area (Å²) >= 11 is 0. The zero-order valence-electron chi connectivity index (χ0n) is 16.8. The first kappa shape index (κ1) is 21.2. The molecule has 1 amide bonds. The second-order valence-electron chi connectivity index (χ2n) is 6.70. The molecule has 2 rings (SSSR count). The van der Waals surface area contributed by atoms with Gasteiger partial charge in [-0.1, -0.05) is 19.9 Å². The molecular weight excluding hydrogens is 362 g/mol. The Labute approximate surface area is 164 Å². The van der Waals surface area contributed by atoms with Gasteiger partial charge in [0.15, 0.2) is 5.78 Å². The molecule has 28 heavy (non-hydrogen) atoms. The second-order valence-corrected chi connectivity index (χ2v) is 6.70. The van der Waals surface area contributed by atoms with Crippen molar-refractivity contribution in [3.05, 3.63) is 46.7 Å². The van der Waals surface area contributed by atoms with Gasteiger partial charge in [-0.15, -0.1) is 0 Å². The Morgan fingerprint density at radius 2 is 1.89 bits per heavy atom. The fourth-order valence-corrected chi connectivity index (χ4v) is 2.62. The minimum absolute atomic E-state index is 0.0765. The minimum atomic E-state index is -0.728. The number of rotatable bonds is 8. The van der Waals surface area contributed by atoms with Crippen LogP contribution in [0.2, 0.25) is 0 Å². The smallest absolute Gasteiger partial charge is 0.344 e. The van der Waals surface area contributed by atoms with Crippen molar-refractivity contribution in [3.63, 3.8) is 0 Å². The number of amides is 1. The number of ketones is 1. The van der Waals surface area contributed by atoms with Gasteiger partial charge >= 0.3 is 5.97 Å². The number of carbonyl (C=O) groups is 3. The number of carbonyl (C=O) groups excluding carboxylic acids is 3. The average molecular weight is 387 g/mol. The van der Waals surface area contributed by atoms with E-state index in [2.05, 4.69) is 5.32 Å². The van der Waals surface area contributed by atoms with E-state index in [4.69, 9.17) is 13.9 Å². The number of nitrogens with one attached hydrogen (secondary N) is 1. The number of aryl methyl sites for hydroxylation is 1. The zero-order chi connectivity index (χ0) is 20.8. The summed E-state index contributed by atoms with van der Waals surface area (Å²) in [4.78, 5) is 36.9. The Morgan fingerprint density at radius 3 is 2.50 bits per heavy atom. The Kier molecular flexibility index (Phi) is 6.98. The van der Waals surface area contributed by atoms with E-state index in [-0.39, 0.29) is 35.2 Å². The fraction of sp³-hybridized carbons (Fsp3) is 0.381. The van der Waals surface area contributed by atoms with E-state index in [1.54, 1.807) is 38.1 Å². The lowest BCUT2D eigenvalue weighted by molar-refractivity contribution is 0.0524. The molecule has 150 valence electrons. The summed E-state index contributed by atoms with van der Waals surface area (Å²) in [6, 6.07) is 6.67. The van der Waals surface area contributed by atoms with Crippen molar-refractivity contribution in [2.24, 2.45) is 5.92 Å². The molecule has 1 heterocycles. The molecule has 0 unspecified atom stereocenters. The molecule has 0 bridgehead atoms. The monoisotopic (exact) mass is 387 g/mol. The molecular formula is C21H25NO6. The van der Waals surface area contributed by atoms with Crippen LogP contribution in [0.25, 0.3) is 0 Å². The molecule has 1 aromatic heterocycles. The predicted octanol–water partition coefficient (Wildman–Crippen LogP) is 4.25. The molecule has 0 saturated heterocycles. The lowest BCUT2D eigenvalue weighted by Gasteiger charge is -2.10. The van der Waals surface area contributed by atoms with Crippen LogP contribution >= 0.6 is 0 Å². The van der Waals surface area contributed by atoms with E-state index >= 15 is 0 Å². The van der Waals surface area contributed by atoms with E-state index in [1.165, 1.54) is 6.92 Å². The van der Waals surface area contributed by atoms with Gasteiger partial charge < -0.3 is 13.9 Å². The Balaban J connectivity index is 2.31. The van der Waals surface area contributed by atoms with Crippen LogP contribution in [0.3, 0.4) is 0 Å². The van der Waals surface area contributed by atoms with Gasteiger partial charge in [0.05, 0.1) is 18.8 Å². The molecule has 2 aromatic rings. The first-order valence-corrected chi connectivity index (χ1v) is 9.10. The zero-order valence-corrected chi connectivity index (χ0v) is 16.8. The van der Waals surface area contributed by atoms with Gasteiger partial charge in [0.2, 0.25) is 5.88 Å². The van der Waals surface area contributed by atoms with Crippen LogP contribution in [0, 0.1) is 12.8 Å². The summed E-state index contributed by atoms with van der Waals surface area (Å²) < 4.78 is 16.1. The van der Waals surface area contributed by atoms with Crippen LogP contribution in [-0.2, 0) is 4.74 Å². The van der Waals surface area contributed by atoms with Crippen LogP contribution in [-0.4, -0.2) is 30.9 Å². The van der Waals surface area contributed by atoms with Crippen molar-refractivity contribution in [1.82, 2.24) is 0 Å². The van der Waals surface area contributed by atoms with Crippen molar-refractivity contribution < 1.29 is 28.3 Å². The molecule has 0 aliphatic carbocycles. The predicted molar refractivity (Wildman–Crippen MR) is 104 cm³/mol. The van der Waals surface area contributed by atoms with Gasteiger partial charge in [-0.25, -0.2) is 4.79 Å². The highest BCUT2D eigenvalue weighted by Gasteiger charge is 2.29. The van der Waals surface area contributed by atoms with Crippen LogP contribution in [0.15, 0.2) is 28.7 Å². The highest BCUT2D eigenvalue weighted by Crippen LogP contribution is 2.29. The third kappa shape index (κ3) is 5.00. The maximum atomic E-state index is 12.7. The maximum absolute atomic E-state index is 12.7. The topological polar surface area (TPSA) is 94.8 Å². The van der Waals surface area contributed by atoms with Crippen LogP contribution in [0.5, 0.6) is 5.75 Å². The highest BCUT2D eigenvalue weighted by molar-refractivity contribution is 6.12. The summed E-state index contributed by atoms with van der Waals surface area (Å²) in [5.74, 6) is -0.542. The third-order valence-corrected chi connectivity index (χ3v) is 3.82. The number of ether oxygens (including phenoxy) is 2. The van der Waals surface area contributed by atoms with Crippen LogP contribution in [0.1, 0.15) is 64.5 Å². The van der Waals surface area contributed by atoms with E-state index in [0.717, 1.165) is 0 Å². The van der Waals surface area contributed by atoms with Crippen molar-refractivity contribution in [2.75, 3.05) is 18.5 Å². The normalized spacial score (nSPS) is 10.6. The summed E-state index contributed by atoms with van der Waals surface area (Å²) in [5.41, 5.74) is 0.352. The van der Waals surface area contributed by atoms with Gasteiger partial charge in [-0.3, -0.25) is 14.9 Å². The van der Waals surface area contributed by atoms with E-state index in [9.17, 15) is 14.4 Å².